The normalized spacial score (nSPS) is 14.3. The zero-order chi connectivity index (χ0) is 12.3. The molecule has 0 aliphatic carbocycles. The Kier molecular flexibility index (Phi) is 4.60. The van der Waals surface area contributed by atoms with Gasteiger partial charge in [-0.1, -0.05) is 27.2 Å². The van der Waals surface area contributed by atoms with Crippen LogP contribution < -0.4 is 0 Å². The lowest BCUT2D eigenvalue weighted by molar-refractivity contribution is -0.0562. The predicted molar refractivity (Wildman–Crippen MR) is 49.6 cm³/mol. The van der Waals surface area contributed by atoms with Gasteiger partial charge in [0.1, 0.15) is 0 Å². The van der Waals surface area contributed by atoms with E-state index in [-0.39, 0.29) is 0 Å². The van der Waals surface area contributed by atoms with Crippen molar-refractivity contribution in [2.24, 2.45) is 5.41 Å². The molecule has 3 nitrogen and oxygen atoms in total. The molecule has 0 aliphatic rings. The van der Waals surface area contributed by atoms with Gasteiger partial charge in [-0.25, -0.2) is 0 Å². The Labute approximate surface area is 87.7 Å². The highest BCUT2D eigenvalue weighted by Gasteiger charge is 2.47. The Morgan fingerprint density at radius 1 is 1.20 bits per heavy atom. The standard InChI is InChI=1S/C8H15F3O3S/c1-4-5-7(2,3)6-14-15(12,13)8(9,10)11/h4-6H2,1-3H3. The summed E-state index contributed by atoms with van der Waals surface area (Å²) in [6, 6.07) is 0. The van der Waals surface area contributed by atoms with Gasteiger partial charge in [0.2, 0.25) is 0 Å². The molecule has 0 spiro atoms. The highest BCUT2D eigenvalue weighted by molar-refractivity contribution is 7.87. The second-order valence-electron chi connectivity index (χ2n) is 4.08. The summed E-state index contributed by atoms with van der Waals surface area (Å²) in [5.41, 5.74) is -5.91. The number of rotatable bonds is 5. The van der Waals surface area contributed by atoms with E-state index < -0.39 is 27.6 Å². The smallest absolute Gasteiger partial charge is 0.263 e. The second kappa shape index (κ2) is 4.69. The van der Waals surface area contributed by atoms with Gasteiger partial charge < -0.3 is 0 Å². The van der Waals surface area contributed by atoms with Gasteiger partial charge in [0.25, 0.3) is 0 Å². The monoisotopic (exact) mass is 248 g/mol. The minimum Gasteiger partial charge on any atom is -0.263 e. The molecule has 7 heteroatoms. The zero-order valence-electron chi connectivity index (χ0n) is 8.89. The summed E-state index contributed by atoms with van der Waals surface area (Å²) < 4.78 is 60.7. The van der Waals surface area contributed by atoms with Crippen LogP contribution in [-0.2, 0) is 14.3 Å². The van der Waals surface area contributed by atoms with Crippen molar-refractivity contribution in [3.63, 3.8) is 0 Å². The van der Waals surface area contributed by atoms with Gasteiger partial charge in [-0.15, -0.1) is 0 Å². The van der Waals surface area contributed by atoms with Crippen LogP contribution in [0.5, 0.6) is 0 Å². The molecular formula is C8H15F3O3S. The summed E-state index contributed by atoms with van der Waals surface area (Å²) in [5.74, 6) is 0. The van der Waals surface area contributed by atoms with E-state index in [4.69, 9.17) is 0 Å². The summed E-state index contributed by atoms with van der Waals surface area (Å²) in [5, 5.41) is 0. The molecule has 0 amide bonds. The van der Waals surface area contributed by atoms with E-state index in [9.17, 15) is 21.6 Å². The summed E-state index contributed by atoms with van der Waals surface area (Å²) >= 11 is 0. The van der Waals surface area contributed by atoms with Gasteiger partial charge in [0.15, 0.2) is 0 Å². The van der Waals surface area contributed by atoms with Crippen molar-refractivity contribution in [2.75, 3.05) is 6.61 Å². The van der Waals surface area contributed by atoms with Crippen molar-refractivity contribution < 1.29 is 25.8 Å². The Balaban J connectivity index is 4.41. The fourth-order valence-electron chi connectivity index (χ4n) is 1.05. The predicted octanol–water partition coefficient (Wildman–Crippen LogP) is 2.68. The van der Waals surface area contributed by atoms with Gasteiger partial charge in [0.05, 0.1) is 6.61 Å². The summed E-state index contributed by atoms with van der Waals surface area (Å²) in [6.45, 7) is 4.72. The Bertz CT molecular complexity index is 293. The third-order valence-electron chi connectivity index (χ3n) is 1.82. The minimum absolute atomic E-state index is 0.456. The number of alkyl halides is 3. The van der Waals surface area contributed by atoms with Gasteiger partial charge in [-0.3, -0.25) is 4.18 Å². The summed E-state index contributed by atoms with van der Waals surface area (Å²) in [7, 11) is -5.45. The van der Waals surface area contributed by atoms with Crippen LogP contribution in [0.25, 0.3) is 0 Å². The molecule has 0 radical (unpaired) electrons. The van der Waals surface area contributed by atoms with Crippen LogP contribution in [0.3, 0.4) is 0 Å². The van der Waals surface area contributed by atoms with Crippen molar-refractivity contribution in [3.05, 3.63) is 0 Å². The Morgan fingerprint density at radius 2 is 1.67 bits per heavy atom. The fraction of sp³-hybridized carbons (Fsp3) is 1.00. The highest BCUT2D eigenvalue weighted by atomic mass is 32.2. The third-order valence-corrected chi connectivity index (χ3v) is 2.81. The Morgan fingerprint density at radius 3 is 2.00 bits per heavy atom. The lowest BCUT2D eigenvalue weighted by Crippen LogP contribution is -2.30. The molecule has 0 aromatic rings. The van der Waals surface area contributed by atoms with E-state index in [0.29, 0.717) is 6.42 Å². The van der Waals surface area contributed by atoms with Gasteiger partial charge in [-0.05, 0) is 11.8 Å². The lowest BCUT2D eigenvalue weighted by atomic mass is 9.89. The number of hydrogen-bond acceptors (Lipinski definition) is 3. The second-order valence-corrected chi connectivity index (χ2v) is 5.68. The van der Waals surface area contributed by atoms with E-state index in [0.717, 1.165) is 6.42 Å². The van der Waals surface area contributed by atoms with Crippen molar-refractivity contribution in [1.29, 1.82) is 0 Å². The quantitative estimate of drug-likeness (QED) is 0.555. The van der Waals surface area contributed by atoms with Crippen LogP contribution in [0.2, 0.25) is 0 Å². The SMILES string of the molecule is CCCC(C)(C)COS(=O)(=O)C(F)(F)F. The average Bonchev–Trinajstić information content (AvgIpc) is 1.99. The summed E-state index contributed by atoms with van der Waals surface area (Å²) in [6.07, 6.45) is 1.35. The Hall–Kier alpha value is -0.300. The maximum Gasteiger partial charge on any atom is 0.523 e. The van der Waals surface area contributed by atoms with Crippen LogP contribution in [0.4, 0.5) is 13.2 Å². The average molecular weight is 248 g/mol. The van der Waals surface area contributed by atoms with Gasteiger partial charge in [0, 0.05) is 0 Å². The molecule has 0 bridgehead atoms. The highest BCUT2D eigenvalue weighted by Crippen LogP contribution is 2.28. The van der Waals surface area contributed by atoms with Crippen molar-refractivity contribution in [2.45, 2.75) is 39.1 Å². The van der Waals surface area contributed by atoms with Crippen molar-refractivity contribution >= 4 is 10.1 Å². The van der Waals surface area contributed by atoms with E-state index in [1.807, 2.05) is 6.92 Å². The molecule has 15 heavy (non-hydrogen) atoms. The molecule has 0 saturated heterocycles. The lowest BCUT2D eigenvalue weighted by Gasteiger charge is -2.23. The first-order valence-corrected chi connectivity index (χ1v) is 5.88. The summed E-state index contributed by atoms with van der Waals surface area (Å²) in [4.78, 5) is 0. The largest absolute Gasteiger partial charge is 0.523 e. The molecule has 0 aromatic carbocycles. The van der Waals surface area contributed by atoms with E-state index >= 15 is 0 Å². The fourth-order valence-corrected chi connectivity index (χ4v) is 1.66. The van der Waals surface area contributed by atoms with Crippen LogP contribution in [0.1, 0.15) is 33.6 Å². The molecule has 0 unspecified atom stereocenters. The van der Waals surface area contributed by atoms with Crippen molar-refractivity contribution in [3.8, 4) is 0 Å². The first kappa shape index (κ1) is 14.7. The van der Waals surface area contributed by atoms with Crippen LogP contribution in [0.15, 0.2) is 0 Å². The molecule has 0 aromatic heterocycles. The molecule has 0 atom stereocenters. The minimum atomic E-state index is -5.45. The number of hydrogen-bond donors (Lipinski definition) is 0. The molecule has 0 fully saturated rings. The molecular weight excluding hydrogens is 233 g/mol. The number of halogens is 3. The van der Waals surface area contributed by atoms with E-state index in [2.05, 4.69) is 4.18 Å². The maximum absolute atomic E-state index is 11.9. The van der Waals surface area contributed by atoms with E-state index in [1.165, 1.54) is 0 Å². The van der Waals surface area contributed by atoms with Crippen LogP contribution in [0, 0.1) is 5.41 Å². The molecule has 0 heterocycles. The molecule has 0 saturated carbocycles. The molecule has 0 aliphatic heterocycles. The van der Waals surface area contributed by atoms with Crippen LogP contribution >= 0.6 is 0 Å². The first-order valence-electron chi connectivity index (χ1n) is 4.47. The molecule has 92 valence electrons. The molecule has 0 rings (SSSR count). The molecule has 0 N–H and O–H groups in total. The van der Waals surface area contributed by atoms with E-state index in [1.54, 1.807) is 13.8 Å². The first-order chi connectivity index (χ1) is 6.52. The van der Waals surface area contributed by atoms with Crippen molar-refractivity contribution in [1.82, 2.24) is 0 Å². The zero-order valence-corrected chi connectivity index (χ0v) is 9.70. The van der Waals surface area contributed by atoms with Gasteiger partial charge >= 0.3 is 15.6 Å². The maximum atomic E-state index is 11.9. The van der Waals surface area contributed by atoms with Crippen LogP contribution in [-0.4, -0.2) is 20.5 Å². The van der Waals surface area contributed by atoms with Gasteiger partial charge in [-0.2, -0.15) is 21.6 Å². The third kappa shape index (κ3) is 4.83. The topological polar surface area (TPSA) is 43.4 Å².